The van der Waals surface area contributed by atoms with Gasteiger partial charge in [-0.25, -0.2) is 9.78 Å². The summed E-state index contributed by atoms with van der Waals surface area (Å²) in [5.41, 5.74) is 9.13. The second-order valence-corrected chi connectivity index (χ2v) is 6.09. The summed E-state index contributed by atoms with van der Waals surface area (Å²) in [6.07, 6.45) is 2.66. The van der Waals surface area contributed by atoms with E-state index in [2.05, 4.69) is 10.3 Å². The fraction of sp³-hybridized carbons (Fsp3) is 0.0952. The number of hydrogen-bond donors (Lipinski definition) is 3. The van der Waals surface area contributed by atoms with Gasteiger partial charge in [-0.3, -0.25) is 10.3 Å². The Balaban J connectivity index is 1.67. The van der Waals surface area contributed by atoms with Crippen LogP contribution in [0.4, 0.5) is 16.3 Å². The fourth-order valence-corrected chi connectivity index (χ4v) is 2.71. The number of hydrogen-bond acceptors (Lipinski definition) is 5. The van der Waals surface area contributed by atoms with E-state index >= 15 is 0 Å². The molecule has 0 radical (unpaired) electrons. The minimum atomic E-state index is -0.390. The first-order valence-corrected chi connectivity index (χ1v) is 8.62. The number of urea groups is 1. The number of pyridine rings is 1. The van der Waals surface area contributed by atoms with Crippen molar-refractivity contribution in [3.63, 3.8) is 0 Å². The van der Waals surface area contributed by atoms with Crippen LogP contribution in [0, 0.1) is 5.41 Å². The van der Waals surface area contributed by atoms with Gasteiger partial charge < -0.3 is 15.8 Å². The van der Waals surface area contributed by atoms with Gasteiger partial charge in [0.2, 0.25) is 0 Å². The first-order chi connectivity index (χ1) is 13.6. The maximum Gasteiger partial charge on any atom is 0.327 e. The molecule has 4 N–H and O–H groups in total. The van der Waals surface area contributed by atoms with Crippen molar-refractivity contribution in [2.24, 2.45) is 0 Å². The molecule has 0 unspecified atom stereocenters. The van der Waals surface area contributed by atoms with E-state index in [4.69, 9.17) is 15.9 Å². The largest absolute Gasteiger partial charge is 0.497 e. The quantitative estimate of drug-likeness (QED) is 0.448. The van der Waals surface area contributed by atoms with Crippen LogP contribution in [-0.4, -0.2) is 29.4 Å². The first-order valence-electron chi connectivity index (χ1n) is 8.62. The average molecular weight is 375 g/mol. The zero-order valence-corrected chi connectivity index (χ0v) is 15.4. The summed E-state index contributed by atoms with van der Waals surface area (Å²) in [4.78, 5) is 17.8. The van der Waals surface area contributed by atoms with Crippen LogP contribution in [0.1, 0.15) is 5.56 Å². The van der Waals surface area contributed by atoms with Crippen molar-refractivity contribution in [3.8, 4) is 16.9 Å². The van der Waals surface area contributed by atoms with Crippen LogP contribution in [0.2, 0.25) is 0 Å². The van der Waals surface area contributed by atoms with E-state index in [1.54, 1.807) is 31.5 Å². The number of benzene rings is 2. The molecule has 2 aromatic carbocycles. The highest BCUT2D eigenvalue weighted by atomic mass is 16.5. The number of nitrogen functional groups attached to an aromatic ring is 1. The molecule has 2 amide bonds. The first kappa shape index (κ1) is 18.9. The molecular weight excluding hydrogens is 354 g/mol. The zero-order valence-electron chi connectivity index (χ0n) is 15.4. The molecule has 142 valence electrons. The number of carbonyl (C=O) groups is 1. The van der Waals surface area contributed by atoms with Crippen LogP contribution in [-0.2, 0) is 6.54 Å². The summed E-state index contributed by atoms with van der Waals surface area (Å²) in [5.74, 6) is 1.16. The number of anilines is 2. The number of aromatic nitrogens is 1. The third-order valence-electron chi connectivity index (χ3n) is 4.15. The SMILES string of the molecule is COc1cccc(CN(C=N)C(=O)Nc2ccc(-c3ccnc(N)c3)cc2)c1. The van der Waals surface area contributed by atoms with E-state index in [0.717, 1.165) is 23.0 Å². The van der Waals surface area contributed by atoms with Gasteiger partial charge in [-0.05, 0) is 53.1 Å². The second-order valence-electron chi connectivity index (χ2n) is 6.09. The molecule has 3 rings (SSSR count). The van der Waals surface area contributed by atoms with Crippen molar-refractivity contribution in [2.75, 3.05) is 18.2 Å². The molecule has 1 aromatic heterocycles. The lowest BCUT2D eigenvalue weighted by Gasteiger charge is -2.18. The lowest BCUT2D eigenvalue weighted by molar-refractivity contribution is 0.233. The molecule has 1 heterocycles. The third-order valence-corrected chi connectivity index (χ3v) is 4.15. The molecule has 0 aliphatic heterocycles. The number of nitrogens with zero attached hydrogens (tertiary/aromatic N) is 2. The second kappa shape index (κ2) is 8.68. The van der Waals surface area contributed by atoms with E-state index in [1.165, 1.54) is 4.90 Å². The van der Waals surface area contributed by atoms with Crippen molar-refractivity contribution >= 4 is 23.9 Å². The minimum absolute atomic E-state index is 0.265. The number of methoxy groups -OCH3 is 1. The van der Waals surface area contributed by atoms with Crippen LogP contribution >= 0.6 is 0 Å². The van der Waals surface area contributed by atoms with Gasteiger partial charge in [0.25, 0.3) is 0 Å². The van der Waals surface area contributed by atoms with E-state index in [0.29, 0.717) is 17.3 Å². The molecule has 0 saturated heterocycles. The highest BCUT2D eigenvalue weighted by Crippen LogP contribution is 2.22. The summed E-state index contributed by atoms with van der Waals surface area (Å²) >= 11 is 0. The Hall–Kier alpha value is -3.87. The summed E-state index contributed by atoms with van der Waals surface area (Å²) in [6, 6.07) is 18.0. The highest BCUT2D eigenvalue weighted by molar-refractivity contribution is 5.96. The molecule has 28 heavy (non-hydrogen) atoms. The van der Waals surface area contributed by atoms with Gasteiger partial charge in [0.15, 0.2) is 0 Å². The minimum Gasteiger partial charge on any atom is -0.497 e. The summed E-state index contributed by atoms with van der Waals surface area (Å²) < 4.78 is 5.19. The van der Waals surface area contributed by atoms with Gasteiger partial charge >= 0.3 is 6.03 Å². The van der Waals surface area contributed by atoms with E-state index in [9.17, 15) is 4.79 Å². The molecule has 7 heteroatoms. The Morgan fingerprint density at radius 3 is 2.64 bits per heavy atom. The Kier molecular flexibility index (Phi) is 5.86. The molecule has 0 fully saturated rings. The Labute approximate surface area is 163 Å². The molecule has 0 spiro atoms. The summed E-state index contributed by atoms with van der Waals surface area (Å²) in [6.45, 7) is 0.265. The number of carbonyl (C=O) groups excluding carboxylic acids is 1. The van der Waals surface area contributed by atoms with E-state index in [1.807, 2.05) is 42.5 Å². The average Bonchev–Trinajstić information content (AvgIpc) is 2.72. The van der Waals surface area contributed by atoms with Gasteiger partial charge in [-0.15, -0.1) is 0 Å². The van der Waals surface area contributed by atoms with Gasteiger partial charge in [-0.1, -0.05) is 24.3 Å². The predicted octanol–water partition coefficient (Wildman–Crippen LogP) is 3.98. The summed E-state index contributed by atoms with van der Waals surface area (Å²) in [5, 5.41) is 10.4. The van der Waals surface area contributed by atoms with E-state index in [-0.39, 0.29) is 6.54 Å². The molecule has 0 bridgehead atoms. The monoisotopic (exact) mass is 375 g/mol. The van der Waals surface area contributed by atoms with E-state index < -0.39 is 6.03 Å². The van der Waals surface area contributed by atoms with Crippen molar-refractivity contribution in [3.05, 3.63) is 72.4 Å². The third kappa shape index (κ3) is 4.64. The molecule has 0 saturated carbocycles. The molecule has 0 atom stereocenters. The molecular formula is C21H21N5O2. The summed E-state index contributed by atoms with van der Waals surface area (Å²) in [7, 11) is 1.59. The normalized spacial score (nSPS) is 10.2. The van der Waals surface area contributed by atoms with Crippen LogP contribution in [0.5, 0.6) is 5.75 Å². The zero-order chi connectivity index (χ0) is 19.9. The Morgan fingerprint density at radius 1 is 1.18 bits per heavy atom. The van der Waals surface area contributed by atoms with Crippen molar-refractivity contribution in [1.82, 2.24) is 9.88 Å². The predicted molar refractivity (Wildman–Crippen MR) is 110 cm³/mol. The van der Waals surface area contributed by atoms with Crippen LogP contribution < -0.4 is 15.8 Å². The van der Waals surface area contributed by atoms with Crippen molar-refractivity contribution in [1.29, 1.82) is 5.41 Å². The van der Waals surface area contributed by atoms with Crippen LogP contribution in [0.3, 0.4) is 0 Å². The van der Waals surface area contributed by atoms with Gasteiger partial charge in [-0.2, -0.15) is 0 Å². The molecule has 0 aliphatic rings. The number of amides is 2. The fourth-order valence-electron chi connectivity index (χ4n) is 2.71. The Morgan fingerprint density at radius 2 is 1.96 bits per heavy atom. The number of ether oxygens (including phenoxy) is 1. The smallest absolute Gasteiger partial charge is 0.327 e. The number of nitrogens with two attached hydrogens (primary N) is 1. The molecule has 3 aromatic rings. The van der Waals surface area contributed by atoms with Crippen LogP contribution in [0.15, 0.2) is 66.9 Å². The lowest BCUT2D eigenvalue weighted by Crippen LogP contribution is -2.33. The van der Waals surface area contributed by atoms with Gasteiger partial charge in [0.1, 0.15) is 11.6 Å². The number of nitrogens with one attached hydrogen (secondary N) is 2. The van der Waals surface area contributed by atoms with Crippen LogP contribution in [0.25, 0.3) is 11.1 Å². The van der Waals surface area contributed by atoms with Crippen molar-refractivity contribution < 1.29 is 9.53 Å². The van der Waals surface area contributed by atoms with Crippen molar-refractivity contribution in [2.45, 2.75) is 6.54 Å². The number of rotatable bonds is 6. The maximum absolute atomic E-state index is 12.5. The highest BCUT2D eigenvalue weighted by Gasteiger charge is 2.12. The molecule has 0 aliphatic carbocycles. The molecule has 7 nitrogen and oxygen atoms in total. The Bertz CT molecular complexity index is 973. The topological polar surface area (TPSA) is 104 Å². The van der Waals surface area contributed by atoms with Gasteiger partial charge in [0.05, 0.1) is 20.0 Å². The van der Waals surface area contributed by atoms with Gasteiger partial charge in [0, 0.05) is 11.9 Å². The maximum atomic E-state index is 12.5. The lowest BCUT2D eigenvalue weighted by atomic mass is 10.1. The standard InChI is InChI=1S/C21H21N5O2/c1-28-19-4-2-3-15(11-19)13-26(14-22)21(27)25-18-7-5-16(6-8-18)17-9-10-24-20(23)12-17/h2-12,14,22H,13H2,1H3,(H2,23,24)(H,25,27).